The topological polar surface area (TPSA) is 73.3 Å². The van der Waals surface area contributed by atoms with Crippen molar-refractivity contribution in [3.63, 3.8) is 0 Å². The molecule has 0 bridgehead atoms. The molecule has 5 rings (SSSR count). The van der Waals surface area contributed by atoms with Crippen LogP contribution in [0.2, 0.25) is 0 Å². The maximum atomic E-state index is 12.6. The summed E-state index contributed by atoms with van der Waals surface area (Å²) < 4.78 is 10.8. The molecule has 1 aliphatic heterocycles. The van der Waals surface area contributed by atoms with Crippen LogP contribution >= 0.6 is 23.1 Å². The number of ether oxygens (including phenoxy) is 2. The lowest BCUT2D eigenvalue weighted by Gasteiger charge is -2.18. The Balaban J connectivity index is 1.27. The highest BCUT2D eigenvalue weighted by atomic mass is 32.2. The number of carbonyl (C=O) groups is 1. The molecule has 1 aromatic carbocycles. The zero-order valence-corrected chi connectivity index (χ0v) is 18.6. The van der Waals surface area contributed by atoms with Gasteiger partial charge in [-0.2, -0.15) is 0 Å². The standard InChI is InChI=1S/C22H23N3O3S2/c1-12-3-5-15-18(7-12)30-22-20(15)21(23-10-24-22)29-9-19(26)25-13(2)14-4-6-16-17(8-14)28-11-27-16/h4,6,8,10,12-13H,3,5,7,9,11H2,1-2H3,(H,25,26). The molecule has 3 heterocycles. The summed E-state index contributed by atoms with van der Waals surface area (Å²) in [6.07, 6.45) is 5.01. The third-order valence-corrected chi connectivity index (χ3v) is 7.82. The number of amides is 1. The molecule has 1 amide bonds. The first-order chi connectivity index (χ1) is 14.6. The lowest BCUT2D eigenvalue weighted by Crippen LogP contribution is -2.28. The van der Waals surface area contributed by atoms with Gasteiger partial charge in [0.25, 0.3) is 0 Å². The van der Waals surface area contributed by atoms with Gasteiger partial charge in [0.15, 0.2) is 11.5 Å². The SMILES string of the molecule is CC1CCc2c(sc3ncnc(SCC(=O)NC(C)c4ccc5c(c4)OCO5)c23)C1. The highest BCUT2D eigenvalue weighted by Gasteiger charge is 2.23. The third-order valence-electron chi connectivity index (χ3n) is 5.67. The van der Waals surface area contributed by atoms with Crippen molar-refractivity contribution in [1.82, 2.24) is 15.3 Å². The van der Waals surface area contributed by atoms with Gasteiger partial charge < -0.3 is 14.8 Å². The lowest BCUT2D eigenvalue weighted by molar-refractivity contribution is -0.119. The molecule has 2 aromatic heterocycles. The van der Waals surface area contributed by atoms with Crippen molar-refractivity contribution in [2.75, 3.05) is 12.5 Å². The van der Waals surface area contributed by atoms with Crippen LogP contribution in [0.25, 0.3) is 10.2 Å². The van der Waals surface area contributed by atoms with Gasteiger partial charge in [0, 0.05) is 10.3 Å². The van der Waals surface area contributed by atoms with Crippen molar-refractivity contribution >= 4 is 39.2 Å². The van der Waals surface area contributed by atoms with Gasteiger partial charge >= 0.3 is 0 Å². The number of rotatable bonds is 5. The first kappa shape index (κ1) is 19.6. The molecular weight excluding hydrogens is 418 g/mol. The number of nitrogens with one attached hydrogen (secondary N) is 1. The fraction of sp³-hybridized carbons (Fsp3) is 0.409. The van der Waals surface area contributed by atoms with Crippen molar-refractivity contribution in [2.45, 2.75) is 44.2 Å². The van der Waals surface area contributed by atoms with Gasteiger partial charge in [0.05, 0.1) is 11.8 Å². The molecule has 2 unspecified atom stereocenters. The van der Waals surface area contributed by atoms with E-state index in [-0.39, 0.29) is 18.7 Å². The smallest absolute Gasteiger partial charge is 0.231 e. The van der Waals surface area contributed by atoms with Gasteiger partial charge in [-0.25, -0.2) is 9.97 Å². The second-order valence-electron chi connectivity index (χ2n) is 7.90. The van der Waals surface area contributed by atoms with Crippen LogP contribution < -0.4 is 14.8 Å². The summed E-state index contributed by atoms with van der Waals surface area (Å²) in [5.41, 5.74) is 2.38. The van der Waals surface area contributed by atoms with E-state index in [4.69, 9.17) is 9.47 Å². The predicted octanol–water partition coefficient (Wildman–Crippen LogP) is 4.51. The van der Waals surface area contributed by atoms with Crippen LogP contribution in [0.15, 0.2) is 29.6 Å². The molecule has 0 saturated heterocycles. The van der Waals surface area contributed by atoms with Crippen molar-refractivity contribution < 1.29 is 14.3 Å². The van der Waals surface area contributed by atoms with E-state index in [0.717, 1.165) is 51.1 Å². The number of aromatic nitrogens is 2. The Labute approximate surface area is 183 Å². The summed E-state index contributed by atoms with van der Waals surface area (Å²) >= 11 is 3.27. The molecule has 3 aromatic rings. The van der Waals surface area contributed by atoms with E-state index in [9.17, 15) is 4.79 Å². The van der Waals surface area contributed by atoms with Crippen LogP contribution in [0.5, 0.6) is 11.5 Å². The largest absolute Gasteiger partial charge is 0.454 e. The van der Waals surface area contributed by atoms with Crippen molar-refractivity contribution in [3.8, 4) is 11.5 Å². The monoisotopic (exact) mass is 441 g/mol. The summed E-state index contributed by atoms with van der Waals surface area (Å²) in [5, 5.41) is 5.14. The second kappa shape index (κ2) is 8.07. The maximum Gasteiger partial charge on any atom is 0.231 e. The number of benzene rings is 1. The first-order valence-corrected chi connectivity index (χ1v) is 12.0. The van der Waals surface area contributed by atoms with E-state index in [1.54, 1.807) is 17.7 Å². The molecule has 0 spiro atoms. The zero-order valence-electron chi connectivity index (χ0n) is 16.9. The van der Waals surface area contributed by atoms with Crippen molar-refractivity contribution in [2.24, 2.45) is 5.92 Å². The minimum Gasteiger partial charge on any atom is -0.454 e. The van der Waals surface area contributed by atoms with Crippen LogP contribution in [0.3, 0.4) is 0 Å². The van der Waals surface area contributed by atoms with E-state index in [1.165, 1.54) is 28.6 Å². The highest BCUT2D eigenvalue weighted by Crippen LogP contribution is 2.40. The molecule has 0 radical (unpaired) electrons. The van der Waals surface area contributed by atoms with Crippen LogP contribution in [-0.4, -0.2) is 28.4 Å². The Morgan fingerprint density at radius 1 is 1.33 bits per heavy atom. The van der Waals surface area contributed by atoms with Crippen LogP contribution in [0.4, 0.5) is 0 Å². The summed E-state index contributed by atoms with van der Waals surface area (Å²) in [6.45, 7) is 4.52. The summed E-state index contributed by atoms with van der Waals surface area (Å²) in [6, 6.07) is 5.65. The summed E-state index contributed by atoms with van der Waals surface area (Å²) in [5.74, 6) is 2.49. The van der Waals surface area contributed by atoms with E-state index < -0.39 is 0 Å². The molecule has 1 aliphatic carbocycles. The predicted molar refractivity (Wildman–Crippen MR) is 118 cm³/mol. The minimum atomic E-state index is -0.117. The number of carbonyl (C=O) groups excluding carboxylic acids is 1. The Kier molecular flexibility index (Phi) is 5.28. The number of thiophene rings is 1. The number of nitrogens with zero attached hydrogens (tertiary/aromatic N) is 2. The van der Waals surface area contributed by atoms with Gasteiger partial charge in [-0.05, 0) is 55.4 Å². The normalized spacial score (nSPS) is 18.3. The molecule has 8 heteroatoms. The van der Waals surface area contributed by atoms with Crippen LogP contribution in [0, 0.1) is 5.92 Å². The van der Waals surface area contributed by atoms with Gasteiger partial charge in [0.2, 0.25) is 12.7 Å². The number of hydrogen-bond donors (Lipinski definition) is 1. The van der Waals surface area contributed by atoms with Crippen molar-refractivity contribution in [3.05, 3.63) is 40.5 Å². The molecule has 6 nitrogen and oxygen atoms in total. The Morgan fingerprint density at radius 3 is 3.10 bits per heavy atom. The van der Waals surface area contributed by atoms with Crippen LogP contribution in [-0.2, 0) is 17.6 Å². The van der Waals surface area contributed by atoms with Crippen LogP contribution in [0.1, 0.15) is 42.3 Å². The molecule has 2 aliphatic rings. The summed E-state index contributed by atoms with van der Waals surface area (Å²) in [4.78, 5) is 24.1. The maximum absolute atomic E-state index is 12.6. The van der Waals surface area contributed by atoms with E-state index in [2.05, 4.69) is 22.2 Å². The average molecular weight is 442 g/mol. The molecule has 30 heavy (non-hydrogen) atoms. The Hall–Kier alpha value is -2.32. The minimum absolute atomic E-state index is 0.0188. The molecule has 156 valence electrons. The van der Waals surface area contributed by atoms with E-state index >= 15 is 0 Å². The average Bonchev–Trinajstić information content (AvgIpc) is 3.35. The number of aryl methyl sites for hydroxylation is 1. The number of hydrogen-bond acceptors (Lipinski definition) is 7. The van der Waals surface area contributed by atoms with Crippen molar-refractivity contribution in [1.29, 1.82) is 0 Å². The number of thioether (sulfide) groups is 1. The fourth-order valence-corrected chi connectivity index (χ4v) is 6.29. The summed E-state index contributed by atoms with van der Waals surface area (Å²) in [7, 11) is 0. The number of fused-ring (bicyclic) bond motifs is 4. The first-order valence-electron chi connectivity index (χ1n) is 10.2. The van der Waals surface area contributed by atoms with E-state index in [0.29, 0.717) is 5.75 Å². The van der Waals surface area contributed by atoms with E-state index in [1.807, 2.05) is 25.1 Å². The Morgan fingerprint density at radius 2 is 2.20 bits per heavy atom. The van der Waals surface area contributed by atoms with Gasteiger partial charge in [0.1, 0.15) is 16.2 Å². The molecule has 0 fully saturated rings. The zero-order chi connectivity index (χ0) is 20.7. The molecule has 0 saturated carbocycles. The molecule has 2 atom stereocenters. The lowest BCUT2D eigenvalue weighted by atomic mass is 9.89. The van der Waals surface area contributed by atoms with Gasteiger partial charge in [-0.3, -0.25) is 4.79 Å². The second-order valence-corrected chi connectivity index (χ2v) is 9.95. The quantitative estimate of drug-likeness (QED) is 0.464. The van der Waals surface area contributed by atoms with Gasteiger partial charge in [-0.15, -0.1) is 11.3 Å². The highest BCUT2D eigenvalue weighted by molar-refractivity contribution is 8.00. The molecule has 1 N–H and O–H groups in total. The molecular formula is C22H23N3O3S2. The van der Waals surface area contributed by atoms with Gasteiger partial charge in [-0.1, -0.05) is 24.8 Å². The third kappa shape index (κ3) is 3.74. The fourth-order valence-electron chi connectivity index (χ4n) is 4.04. The Bertz CT molecular complexity index is 1110.